The molecule has 0 radical (unpaired) electrons. The minimum Gasteiger partial charge on any atom is -0.453 e. The summed E-state index contributed by atoms with van der Waals surface area (Å²) in [5.41, 5.74) is 1.04. The molecule has 6 nitrogen and oxygen atoms in total. The van der Waals surface area contributed by atoms with Crippen molar-refractivity contribution in [2.24, 2.45) is 0 Å². The molecule has 1 aromatic heterocycles. The molecule has 0 saturated heterocycles. The van der Waals surface area contributed by atoms with Gasteiger partial charge in [0.15, 0.2) is 17.7 Å². The van der Waals surface area contributed by atoms with E-state index in [1.54, 1.807) is 41.8 Å². The number of ketones is 2. The van der Waals surface area contributed by atoms with Gasteiger partial charge in [-0.2, -0.15) is 0 Å². The number of esters is 1. The Morgan fingerprint density at radius 2 is 1.77 bits per heavy atom. The predicted octanol–water partition coefficient (Wildman–Crippen LogP) is 3.48. The molecule has 0 aliphatic rings. The molecule has 0 unspecified atom stereocenters. The summed E-state index contributed by atoms with van der Waals surface area (Å²) >= 11 is 1.32. The fraction of sp³-hybridized carbons (Fsp3) is 0.263. The number of nitrogens with one attached hydrogen (secondary N) is 1. The molecule has 0 aliphatic heterocycles. The lowest BCUT2D eigenvalue weighted by atomic mass is 10.1. The molecule has 2 aromatic rings. The fourth-order valence-corrected chi connectivity index (χ4v) is 2.81. The second-order valence-corrected chi connectivity index (χ2v) is 6.60. The van der Waals surface area contributed by atoms with Gasteiger partial charge in [-0.25, -0.2) is 0 Å². The lowest BCUT2D eigenvalue weighted by Crippen LogP contribution is -2.30. The number of anilines is 1. The van der Waals surface area contributed by atoms with Crippen molar-refractivity contribution in [3.63, 3.8) is 0 Å². The highest BCUT2D eigenvalue weighted by molar-refractivity contribution is 7.12. The standard InChI is InChI=1S/C19H19NO5S/c1-12(21)14-5-7-15(8-6-14)20-19(24)13(2)25-18(23)10-9-16(22)17-4-3-11-26-17/h3-8,11,13H,9-10H2,1-2H3,(H,20,24)/t13-/m1/s1. The van der Waals surface area contributed by atoms with Gasteiger partial charge in [0, 0.05) is 17.7 Å². The number of hydrogen-bond acceptors (Lipinski definition) is 6. The van der Waals surface area contributed by atoms with E-state index >= 15 is 0 Å². The Kier molecular flexibility index (Phi) is 6.80. The number of carbonyl (C=O) groups excluding carboxylic acids is 4. The molecule has 2 rings (SSSR count). The normalized spacial score (nSPS) is 11.5. The molecule has 0 spiro atoms. The third-order valence-electron chi connectivity index (χ3n) is 3.59. The maximum Gasteiger partial charge on any atom is 0.307 e. The second kappa shape index (κ2) is 9.05. The van der Waals surface area contributed by atoms with Gasteiger partial charge in [0.2, 0.25) is 0 Å². The summed E-state index contributed by atoms with van der Waals surface area (Å²) < 4.78 is 5.06. The van der Waals surface area contributed by atoms with Crippen molar-refractivity contribution in [1.82, 2.24) is 0 Å². The summed E-state index contributed by atoms with van der Waals surface area (Å²) in [7, 11) is 0. The van der Waals surface area contributed by atoms with Crippen LogP contribution in [0.2, 0.25) is 0 Å². The topological polar surface area (TPSA) is 89.5 Å². The van der Waals surface area contributed by atoms with E-state index in [9.17, 15) is 19.2 Å². The maximum absolute atomic E-state index is 12.1. The first-order valence-corrected chi connectivity index (χ1v) is 8.93. The Bertz CT molecular complexity index is 796. The van der Waals surface area contributed by atoms with Crippen LogP contribution in [0.3, 0.4) is 0 Å². The first-order valence-electron chi connectivity index (χ1n) is 8.05. The smallest absolute Gasteiger partial charge is 0.307 e. The molecule has 26 heavy (non-hydrogen) atoms. The van der Waals surface area contributed by atoms with E-state index in [-0.39, 0.29) is 24.4 Å². The Morgan fingerprint density at radius 1 is 1.08 bits per heavy atom. The molecule has 1 atom stereocenters. The van der Waals surface area contributed by atoms with E-state index in [4.69, 9.17) is 4.74 Å². The highest BCUT2D eigenvalue weighted by Crippen LogP contribution is 2.14. The Hall–Kier alpha value is -2.80. The van der Waals surface area contributed by atoms with E-state index in [0.29, 0.717) is 16.1 Å². The number of amides is 1. The highest BCUT2D eigenvalue weighted by Gasteiger charge is 2.19. The molecule has 1 N–H and O–H groups in total. The van der Waals surface area contributed by atoms with Gasteiger partial charge in [-0.1, -0.05) is 6.07 Å². The van der Waals surface area contributed by atoms with E-state index in [0.717, 1.165) is 0 Å². The molecule has 0 fully saturated rings. The molecule has 0 bridgehead atoms. The third-order valence-corrected chi connectivity index (χ3v) is 4.50. The number of thiophene rings is 1. The van der Waals surface area contributed by atoms with Crippen molar-refractivity contribution in [2.45, 2.75) is 32.8 Å². The number of ether oxygens (including phenoxy) is 1. The van der Waals surface area contributed by atoms with E-state index < -0.39 is 18.0 Å². The van der Waals surface area contributed by atoms with Crippen LogP contribution in [0.5, 0.6) is 0 Å². The molecule has 7 heteroatoms. The van der Waals surface area contributed by atoms with Crippen molar-refractivity contribution >= 4 is 40.5 Å². The second-order valence-electron chi connectivity index (χ2n) is 5.66. The summed E-state index contributed by atoms with van der Waals surface area (Å²) in [5.74, 6) is -1.29. The van der Waals surface area contributed by atoms with E-state index in [2.05, 4.69) is 5.32 Å². The first-order chi connectivity index (χ1) is 12.4. The monoisotopic (exact) mass is 373 g/mol. The van der Waals surface area contributed by atoms with E-state index in [1.807, 2.05) is 0 Å². The minimum absolute atomic E-state index is 0.0419. The van der Waals surface area contributed by atoms with E-state index in [1.165, 1.54) is 25.2 Å². The fourth-order valence-electron chi connectivity index (χ4n) is 2.12. The van der Waals surface area contributed by atoms with Crippen LogP contribution >= 0.6 is 11.3 Å². The first kappa shape index (κ1) is 19.5. The largest absolute Gasteiger partial charge is 0.453 e. The van der Waals surface area contributed by atoms with Crippen LogP contribution in [0, 0.1) is 0 Å². The highest BCUT2D eigenvalue weighted by atomic mass is 32.1. The maximum atomic E-state index is 12.1. The summed E-state index contributed by atoms with van der Waals surface area (Å²) in [5, 5.41) is 4.40. The van der Waals surface area contributed by atoms with Crippen molar-refractivity contribution in [3.05, 3.63) is 52.2 Å². The number of benzene rings is 1. The average Bonchev–Trinajstić information content (AvgIpc) is 3.14. The third kappa shape index (κ3) is 5.63. The van der Waals surface area contributed by atoms with Crippen LogP contribution < -0.4 is 5.32 Å². The quantitative estimate of drug-likeness (QED) is 0.565. The molecule has 136 valence electrons. The molecular weight excluding hydrogens is 354 g/mol. The zero-order valence-corrected chi connectivity index (χ0v) is 15.3. The van der Waals surface area contributed by atoms with Gasteiger partial charge in [0.1, 0.15) is 0 Å². The van der Waals surface area contributed by atoms with Crippen LogP contribution in [0.4, 0.5) is 5.69 Å². The summed E-state index contributed by atoms with van der Waals surface area (Å²) in [4.78, 5) is 47.6. The molecule has 1 amide bonds. The van der Waals surface area contributed by atoms with Gasteiger partial charge < -0.3 is 10.1 Å². The zero-order valence-electron chi connectivity index (χ0n) is 14.5. The molecular formula is C19H19NO5S. The number of hydrogen-bond donors (Lipinski definition) is 1. The van der Waals surface area contributed by atoms with Crippen LogP contribution in [-0.4, -0.2) is 29.5 Å². The van der Waals surface area contributed by atoms with Gasteiger partial charge in [0.25, 0.3) is 5.91 Å². The average molecular weight is 373 g/mol. The van der Waals surface area contributed by atoms with Crippen molar-refractivity contribution in [2.75, 3.05) is 5.32 Å². The van der Waals surface area contributed by atoms with Gasteiger partial charge >= 0.3 is 5.97 Å². The minimum atomic E-state index is -0.994. The van der Waals surface area contributed by atoms with Crippen LogP contribution in [0.1, 0.15) is 46.7 Å². The van der Waals surface area contributed by atoms with Crippen LogP contribution in [-0.2, 0) is 14.3 Å². The number of rotatable bonds is 8. The van der Waals surface area contributed by atoms with Gasteiger partial charge in [-0.15, -0.1) is 11.3 Å². The van der Waals surface area contributed by atoms with Gasteiger partial charge in [-0.3, -0.25) is 19.2 Å². The van der Waals surface area contributed by atoms with Crippen molar-refractivity contribution in [1.29, 1.82) is 0 Å². The van der Waals surface area contributed by atoms with Crippen molar-refractivity contribution in [3.8, 4) is 0 Å². The lowest BCUT2D eigenvalue weighted by Gasteiger charge is -2.13. The zero-order chi connectivity index (χ0) is 19.1. The Morgan fingerprint density at radius 3 is 2.35 bits per heavy atom. The summed E-state index contributed by atoms with van der Waals surface area (Å²) in [6, 6.07) is 9.87. The molecule has 1 heterocycles. The summed E-state index contributed by atoms with van der Waals surface area (Å²) in [6.45, 7) is 2.91. The van der Waals surface area contributed by atoms with Gasteiger partial charge in [-0.05, 0) is 49.6 Å². The van der Waals surface area contributed by atoms with Crippen LogP contribution in [0.25, 0.3) is 0 Å². The lowest BCUT2D eigenvalue weighted by molar-refractivity contribution is -0.153. The molecule has 0 aliphatic carbocycles. The SMILES string of the molecule is CC(=O)c1ccc(NC(=O)[C@@H](C)OC(=O)CCC(=O)c2cccs2)cc1. The Balaban J connectivity index is 1.79. The van der Waals surface area contributed by atoms with Gasteiger partial charge in [0.05, 0.1) is 11.3 Å². The Labute approximate surface area is 155 Å². The number of carbonyl (C=O) groups is 4. The molecule has 1 aromatic carbocycles. The predicted molar refractivity (Wildman–Crippen MR) is 98.5 cm³/mol. The molecule has 0 saturated carbocycles. The summed E-state index contributed by atoms with van der Waals surface area (Å²) in [6.07, 6.45) is -1.03. The number of Topliss-reactive ketones (excluding diaryl/α,β-unsaturated/α-hetero) is 2. The van der Waals surface area contributed by atoms with Crippen molar-refractivity contribution < 1.29 is 23.9 Å². The van der Waals surface area contributed by atoms with Crippen LogP contribution in [0.15, 0.2) is 41.8 Å².